The van der Waals surface area contributed by atoms with E-state index in [2.05, 4.69) is 22.0 Å². The van der Waals surface area contributed by atoms with Gasteiger partial charge in [-0.05, 0) is 57.7 Å². The Morgan fingerprint density at radius 2 is 2.03 bits per heavy atom. The lowest BCUT2D eigenvalue weighted by molar-refractivity contribution is -0.0700. The molecule has 0 aliphatic carbocycles. The second-order valence-electron chi connectivity index (χ2n) is 9.83. The molecule has 3 aromatic rings. The molecule has 0 bridgehead atoms. The quantitative estimate of drug-likeness (QED) is 0.503. The van der Waals surface area contributed by atoms with Crippen LogP contribution in [0.3, 0.4) is 0 Å². The monoisotopic (exact) mass is 492 g/mol. The van der Waals surface area contributed by atoms with Gasteiger partial charge in [-0.15, -0.1) is 0 Å². The molecule has 36 heavy (non-hydrogen) atoms. The molecule has 1 fully saturated rings. The van der Waals surface area contributed by atoms with Gasteiger partial charge in [0.2, 0.25) is 5.76 Å². The average Bonchev–Trinajstić information content (AvgIpc) is 3.43. The summed E-state index contributed by atoms with van der Waals surface area (Å²) in [6, 6.07) is 9.76. The number of carbonyl (C=O) groups is 1. The highest BCUT2D eigenvalue weighted by atomic mass is 16.6. The number of hydrogen-bond acceptors (Lipinski definition) is 7. The first kappa shape index (κ1) is 25.5. The van der Waals surface area contributed by atoms with Gasteiger partial charge in [-0.1, -0.05) is 23.2 Å². The summed E-state index contributed by atoms with van der Waals surface area (Å²) in [7, 11) is 0. The minimum atomic E-state index is -0.665. The number of hydrogen-bond donors (Lipinski definition) is 1. The number of carbonyl (C=O) groups excluding carboxylic acids is 1. The minimum Gasteiger partial charge on any atom is -0.444 e. The Morgan fingerprint density at radius 3 is 2.67 bits per heavy atom. The molecule has 1 atom stereocenters. The van der Waals surface area contributed by atoms with Crippen LogP contribution in [0.5, 0.6) is 0 Å². The van der Waals surface area contributed by atoms with Crippen molar-refractivity contribution in [1.82, 2.24) is 19.6 Å². The topological polar surface area (TPSA) is 103 Å². The second kappa shape index (κ2) is 11.0. The van der Waals surface area contributed by atoms with Gasteiger partial charge in [-0.25, -0.2) is 9.78 Å². The Hall–Kier alpha value is -3.61. The molecule has 1 aliphatic rings. The van der Waals surface area contributed by atoms with Gasteiger partial charge >= 0.3 is 6.09 Å². The third-order valence-electron chi connectivity index (χ3n) is 5.63. The maximum atomic E-state index is 12.6. The summed E-state index contributed by atoms with van der Waals surface area (Å²) in [6.07, 6.45) is 3.17. The van der Waals surface area contributed by atoms with Gasteiger partial charge in [0, 0.05) is 30.6 Å². The molecule has 0 spiro atoms. The van der Waals surface area contributed by atoms with Crippen molar-refractivity contribution in [3.05, 3.63) is 71.1 Å². The molecule has 1 unspecified atom stereocenters. The van der Waals surface area contributed by atoms with Crippen LogP contribution >= 0.6 is 0 Å². The number of imidazole rings is 1. The summed E-state index contributed by atoms with van der Waals surface area (Å²) in [5, 5.41) is 13.9. The van der Waals surface area contributed by atoms with E-state index in [1.807, 2.05) is 49.6 Å². The first-order chi connectivity index (χ1) is 17.2. The molecule has 3 heterocycles. The van der Waals surface area contributed by atoms with Crippen LogP contribution in [0.1, 0.15) is 62.2 Å². The van der Waals surface area contributed by atoms with Crippen molar-refractivity contribution in [1.29, 1.82) is 0 Å². The van der Waals surface area contributed by atoms with Crippen molar-refractivity contribution in [2.75, 3.05) is 19.8 Å². The Bertz CT molecular complexity index is 1220. The lowest BCUT2D eigenvalue weighted by Crippen LogP contribution is -2.53. The Kier molecular flexibility index (Phi) is 7.77. The third-order valence-corrected chi connectivity index (χ3v) is 5.63. The predicted molar refractivity (Wildman–Crippen MR) is 132 cm³/mol. The molecule has 2 aromatic heterocycles. The van der Waals surface area contributed by atoms with Crippen molar-refractivity contribution >= 4 is 6.09 Å². The van der Waals surface area contributed by atoms with Crippen molar-refractivity contribution in [3.8, 4) is 11.8 Å². The maximum absolute atomic E-state index is 12.6. The zero-order valence-corrected chi connectivity index (χ0v) is 21.1. The SMILES string of the molecule is CC(O)c1nccn1Cc1cc(C#Cc2ccc(CCN(C(=O)OC(C)(C)C)C3COC3)cc2)on1. The number of benzene rings is 1. The maximum Gasteiger partial charge on any atom is 0.410 e. The molecule has 1 aromatic carbocycles. The number of ether oxygens (including phenoxy) is 2. The van der Waals surface area contributed by atoms with Crippen molar-refractivity contribution in [2.24, 2.45) is 0 Å². The first-order valence-electron chi connectivity index (χ1n) is 12.0. The zero-order chi connectivity index (χ0) is 25.7. The van der Waals surface area contributed by atoms with Crippen molar-refractivity contribution < 1.29 is 23.9 Å². The van der Waals surface area contributed by atoms with E-state index in [4.69, 9.17) is 14.0 Å². The van der Waals surface area contributed by atoms with E-state index in [0.29, 0.717) is 50.0 Å². The summed E-state index contributed by atoms with van der Waals surface area (Å²) in [4.78, 5) is 18.5. The summed E-state index contributed by atoms with van der Waals surface area (Å²) in [5.74, 6) is 7.12. The molecule has 1 aliphatic heterocycles. The van der Waals surface area contributed by atoms with Crippen LogP contribution < -0.4 is 0 Å². The zero-order valence-electron chi connectivity index (χ0n) is 21.1. The van der Waals surface area contributed by atoms with Crippen LogP contribution in [-0.2, 0) is 22.4 Å². The molecule has 1 saturated heterocycles. The normalized spacial score (nSPS) is 14.5. The largest absolute Gasteiger partial charge is 0.444 e. The highest BCUT2D eigenvalue weighted by molar-refractivity contribution is 5.68. The number of aromatic nitrogens is 3. The molecule has 9 heteroatoms. The smallest absolute Gasteiger partial charge is 0.410 e. The molecule has 0 radical (unpaired) electrons. The second-order valence-corrected chi connectivity index (χ2v) is 9.83. The number of rotatable bonds is 7. The van der Waals surface area contributed by atoms with Crippen LogP contribution in [0.4, 0.5) is 4.79 Å². The molecule has 1 N–H and O–H groups in total. The van der Waals surface area contributed by atoms with Gasteiger partial charge in [0.1, 0.15) is 23.2 Å². The van der Waals surface area contributed by atoms with E-state index in [1.165, 1.54) is 0 Å². The van der Waals surface area contributed by atoms with Crippen LogP contribution in [0.2, 0.25) is 0 Å². The number of nitrogens with zero attached hydrogens (tertiary/aromatic N) is 4. The summed E-state index contributed by atoms with van der Waals surface area (Å²) in [6.45, 7) is 9.36. The van der Waals surface area contributed by atoms with Gasteiger partial charge < -0.3 is 28.6 Å². The van der Waals surface area contributed by atoms with Gasteiger partial charge in [0.05, 0.1) is 25.8 Å². The lowest BCUT2D eigenvalue weighted by Gasteiger charge is -2.38. The molecular formula is C27H32N4O5. The summed E-state index contributed by atoms with van der Waals surface area (Å²) in [5.41, 5.74) is 2.11. The van der Waals surface area contributed by atoms with E-state index >= 15 is 0 Å². The van der Waals surface area contributed by atoms with Crippen LogP contribution in [0.15, 0.2) is 47.2 Å². The Morgan fingerprint density at radius 1 is 1.28 bits per heavy atom. The molecular weight excluding hydrogens is 460 g/mol. The highest BCUT2D eigenvalue weighted by Gasteiger charge is 2.32. The fourth-order valence-corrected chi connectivity index (χ4v) is 3.73. The van der Waals surface area contributed by atoms with E-state index in [0.717, 1.165) is 11.1 Å². The van der Waals surface area contributed by atoms with Gasteiger partial charge in [0.25, 0.3) is 0 Å². The standard InChI is InChI=1S/C27H32N4O5/c1-19(32)25-28-12-14-30(25)16-22-15-24(36-29-22)10-9-20-5-7-21(8-6-20)11-13-31(23-17-34-18-23)26(33)35-27(2,3)4/h5-8,12,14-15,19,23,32H,11,13,16-18H2,1-4H3. The van der Waals surface area contributed by atoms with Crippen LogP contribution in [-0.4, -0.2) is 62.2 Å². The predicted octanol–water partition coefficient (Wildman–Crippen LogP) is 3.55. The van der Waals surface area contributed by atoms with E-state index in [1.54, 1.807) is 30.3 Å². The van der Waals surface area contributed by atoms with E-state index in [9.17, 15) is 9.90 Å². The van der Waals surface area contributed by atoms with Crippen LogP contribution in [0.25, 0.3) is 0 Å². The number of aliphatic hydroxyl groups excluding tert-OH is 1. The number of amides is 1. The van der Waals surface area contributed by atoms with E-state index < -0.39 is 11.7 Å². The minimum absolute atomic E-state index is 0.0594. The molecule has 1 amide bonds. The first-order valence-corrected chi connectivity index (χ1v) is 12.0. The molecule has 9 nitrogen and oxygen atoms in total. The van der Waals surface area contributed by atoms with Gasteiger partial charge in [-0.3, -0.25) is 0 Å². The third kappa shape index (κ3) is 6.74. The highest BCUT2D eigenvalue weighted by Crippen LogP contribution is 2.18. The fraction of sp³-hybridized carbons (Fsp3) is 0.444. The summed E-state index contributed by atoms with van der Waals surface area (Å²) < 4.78 is 18.0. The van der Waals surface area contributed by atoms with Crippen molar-refractivity contribution in [2.45, 2.75) is 58.4 Å². The van der Waals surface area contributed by atoms with Gasteiger partial charge in [0.15, 0.2) is 0 Å². The molecule has 0 saturated carbocycles. The summed E-state index contributed by atoms with van der Waals surface area (Å²) >= 11 is 0. The Labute approximate surface area is 211 Å². The van der Waals surface area contributed by atoms with Crippen molar-refractivity contribution in [3.63, 3.8) is 0 Å². The molecule has 190 valence electrons. The fourth-order valence-electron chi connectivity index (χ4n) is 3.73. The number of aliphatic hydroxyl groups is 1. The van der Waals surface area contributed by atoms with Gasteiger partial charge in [-0.2, -0.15) is 0 Å². The Balaban J connectivity index is 1.33. The van der Waals surface area contributed by atoms with E-state index in [-0.39, 0.29) is 12.1 Å². The average molecular weight is 493 g/mol. The lowest BCUT2D eigenvalue weighted by atomic mass is 10.1. The molecule has 4 rings (SSSR count). The van der Waals surface area contributed by atoms with Crippen LogP contribution in [0, 0.1) is 11.8 Å².